The molecule has 3 heterocycles. The van der Waals surface area contributed by atoms with Gasteiger partial charge in [0.25, 0.3) is 0 Å². The number of rotatable bonds is 5. The Hall–Kier alpha value is -3.48. The van der Waals surface area contributed by atoms with Gasteiger partial charge in [-0.25, -0.2) is 4.98 Å². The first-order chi connectivity index (χ1) is 14.2. The molecule has 1 saturated heterocycles. The van der Waals surface area contributed by atoms with E-state index >= 15 is 0 Å². The summed E-state index contributed by atoms with van der Waals surface area (Å²) in [6.07, 6.45) is 3.29. The van der Waals surface area contributed by atoms with Gasteiger partial charge in [-0.2, -0.15) is 4.98 Å². The molecule has 7 heteroatoms. The normalized spacial score (nSPS) is 16.8. The van der Waals surface area contributed by atoms with Crippen LogP contribution in [0.25, 0.3) is 22.4 Å². The van der Waals surface area contributed by atoms with E-state index in [1.54, 1.807) is 4.90 Å². The van der Waals surface area contributed by atoms with Crippen LogP contribution in [0.15, 0.2) is 59.4 Å². The summed E-state index contributed by atoms with van der Waals surface area (Å²) in [5.74, 6) is 1.00. The van der Waals surface area contributed by atoms with E-state index in [2.05, 4.69) is 26.6 Å². The molecule has 0 N–H and O–H groups in total. The highest BCUT2D eigenvalue weighted by molar-refractivity contribution is 5.96. The fraction of sp³-hybridized carbons (Fsp3) is 0.273. The summed E-state index contributed by atoms with van der Waals surface area (Å²) in [6, 6.07) is 15.7. The minimum atomic E-state index is -0.101. The first-order valence-electron chi connectivity index (χ1n) is 9.87. The molecule has 5 rings (SSSR count). The Morgan fingerprint density at radius 1 is 1.17 bits per heavy atom. The van der Waals surface area contributed by atoms with Gasteiger partial charge in [0.2, 0.25) is 17.6 Å². The van der Waals surface area contributed by atoms with Crippen LogP contribution in [-0.4, -0.2) is 32.1 Å². The zero-order valence-electron chi connectivity index (χ0n) is 16.2. The largest absolute Gasteiger partial charge is 0.339 e. The van der Waals surface area contributed by atoms with Crippen molar-refractivity contribution in [1.29, 1.82) is 0 Å². The van der Waals surface area contributed by atoms with Crippen LogP contribution in [0.5, 0.6) is 0 Å². The first-order valence-corrected chi connectivity index (χ1v) is 9.87. The number of amides is 1. The molecule has 1 fully saturated rings. The fourth-order valence-corrected chi connectivity index (χ4v) is 3.87. The van der Waals surface area contributed by atoms with Crippen molar-refractivity contribution in [2.45, 2.75) is 32.2 Å². The molecule has 1 amide bonds. The molecule has 1 unspecified atom stereocenters. The third-order valence-corrected chi connectivity index (χ3v) is 5.33. The molecule has 146 valence electrons. The zero-order valence-corrected chi connectivity index (χ0v) is 16.2. The zero-order chi connectivity index (χ0) is 19.8. The van der Waals surface area contributed by atoms with E-state index in [1.807, 2.05) is 54.9 Å². The van der Waals surface area contributed by atoms with Crippen molar-refractivity contribution in [1.82, 2.24) is 19.7 Å². The number of carbonyl (C=O) groups excluding carboxylic acids is 1. The number of nitrogens with zero attached hydrogens (tertiary/aromatic N) is 5. The maximum Gasteiger partial charge on any atom is 0.232 e. The molecule has 1 aliphatic rings. The summed E-state index contributed by atoms with van der Waals surface area (Å²) in [7, 11) is 0. The highest BCUT2D eigenvalue weighted by Gasteiger charge is 2.35. The second-order valence-corrected chi connectivity index (χ2v) is 7.34. The molecular weight excluding hydrogens is 366 g/mol. The number of anilines is 1. The Kier molecular flexibility index (Phi) is 4.35. The molecule has 29 heavy (non-hydrogen) atoms. The Morgan fingerprint density at radius 2 is 2.03 bits per heavy atom. The number of aromatic nitrogens is 4. The van der Waals surface area contributed by atoms with Crippen molar-refractivity contribution >= 4 is 22.6 Å². The number of benzene rings is 2. The minimum absolute atomic E-state index is 0.0730. The Balaban J connectivity index is 1.38. The summed E-state index contributed by atoms with van der Waals surface area (Å²) in [5.41, 5.74) is 3.76. The molecule has 2 aromatic carbocycles. The second-order valence-electron chi connectivity index (χ2n) is 7.34. The minimum Gasteiger partial charge on any atom is -0.339 e. The Morgan fingerprint density at radius 3 is 2.86 bits per heavy atom. The van der Waals surface area contributed by atoms with E-state index in [9.17, 15) is 4.79 Å². The quantitative estimate of drug-likeness (QED) is 0.517. The van der Waals surface area contributed by atoms with E-state index < -0.39 is 0 Å². The molecule has 0 aliphatic carbocycles. The van der Waals surface area contributed by atoms with Crippen molar-refractivity contribution in [2.24, 2.45) is 0 Å². The summed E-state index contributed by atoms with van der Waals surface area (Å²) < 4.78 is 7.67. The average molecular weight is 387 g/mol. The third-order valence-electron chi connectivity index (χ3n) is 5.33. The lowest BCUT2D eigenvalue weighted by atomic mass is 10.1. The van der Waals surface area contributed by atoms with Crippen molar-refractivity contribution in [3.05, 3.63) is 60.7 Å². The number of aryl methyl sites for hydroxylation is 1. The van der Waals surface area contributed by atoms with Crippen LogP contribution < -0.4 is 4.90 Å². The number of fused-ring (bicyclic) bond motifs is 1. The Labute approximate surface area is 168 Å². The van der Waals surface area contributed by atoms with E-state index in [1.165, 1.54) is 0 Å². The van der Waals surface area contributed by atoms with Crippen LogP contribution in [0.1, 0.15) is 31.6 Å². The van der Waals surface area contributed by atoms with Crippen LogP contribution in [-0.2, 0) is 11.3 Å². The predicted molar refractivity (Wildman–Crippen MR) is 109 cm³/mol. The van der Waals surface area contributed by atoms with Gasteiger partial charge < -0.3 is 14.0 Å². The highest BCUT2D eigenvalue weighted by atomic mass is 16.5. The molecule has 0 saturated carbocycles. The SMILES string of the molecule is CCCn1cnc2cc(-c3noc(C4CC(=O)N(c5ccccc5)C4)n3)ccc21. The Bertz CT molecular complexity index is 1160. The smallest absolute Gasteiger partial charge is 0.232 e. The summed E-state index contributed by atoms with van der Waals surface area (Å²) in [4.78, 5) is 23.3. The molecule has 1 aliphatic heterocycles. The molecule has 0 bridgehead atoms. The molecule has 4 aromatic rings. The van der Waals surface area contributed by atoms with Crippen LogP contribution in [0.2, 0.25) is 0 Å². The van der Waals surface area contributed by atoms with Gasteiger partial charge in [-0.15, -0.1) is 0 Å². The molecule has 0 spiro atoms. The maximum absolute atomic E-state index is 12.5. The number of hydrogen-bond acceptors (Lipinski definition) is 5. The van der Waals surface area contributed by atoms with Crippen molar-refractivity contribution in [3.63, 3.8) is 0 Å². The van der Waals surface area contributed by atoms with Crippen LogP contribution in [0.4, 0.5) is 5.69 Å². The molecule has 7 nitrogen and oxygen atoms in total. The topological polar surface area (TPSA) is 77.0 Å². The van der Waals surface area contributed by atoms with E-state index in [-0.39, 0.29) is 11.8 Å². The van der Waals surface area contributed by atoms with Crippen LogP contribution in [0, 0.1) is 0 Å². The average Bonchev–Trinajstić information content (AvgIpc) is 3.47. The lowest BCUT2D eigenvalue weighted by Crippen LogP contribution is -2.24. The van der Waals surface area contributed by atoms with Gasteiger partial charge in [-0.1, -0.05) is 30.3 Å². The second kappa shape index (κ2) is 7.16. The first kappa shape index (κ1) is 17.6. The van der Waals surface area contributed by atoms with E-state index in [4.69, 9.17) is 4.52 Å². The predicted octanol–water partition coefficient (Wildman–Crippen LogP) is 4.02. The molecule has 1 atom stereocenters. The van der Waals surface area contributed by atoms with Gasteiger partial charge in [0.1, 0.15) is 0 Å². The van der Waals surface area contributed by atoms with Crippen molar-refractivity contribution < 1.29 is 9.32 Å². The maximum atomic E-state index is 12.5. The van der Waals surface area contributed by atoms with Gasteiger partial charge >= 0.3 is 0 Å². The van der Waals surface area contributed by atoms with Gasteiger partial charge in [0, 0.05) is 30.8 Å². The standard InChI is InChI=1S/C22H21N5O2/c1-2-10-26-14-23-18-11-15(8-9-19(18)26)21-24-22(29-25-21)16-12-20(28)27(13-16)17-6-4-3-5-7-17/h3-9,11,14,16H,2,10,12-13H2,1H3. The van der Waals surface area contributed by atoms with Gasteiger partial charge in [0.05, 0.1) is 23.3 Å². The number of imidazole rings is 1. The third kappa shape index (κ3) is 3.18. The number of hydrogen-bond donors (Lipinski definition) is 0. The number of carbonyl (C=O) groups is 1. The lowest BCUT2D eigenvalue weighted by molar-refractivity contribution is -0.117. The van der Waals surface area contributed by atoms with Crippen molar-refractivity contribution in [3.8, 4) is 11.4 Å². The van der Waals surface area contributed by atoms with Gasteiger partial charge in [0.15, 0.2) is 0 Å². The number of para-hydroxylation sites is 1. The van der Waals surface area contributed by atoms with Crippen LogP contribution >= 0.6 is 0 Å². The lowest BCUT2D eigenvalue weighted by Gasteiger charge is -2.15. The monoisotopic (exact) mass is 387 g/mol. The van der Waals surface area contributed by atoms with E-state index in [0.29, 0.717) is 24.7 Å². The molecular formula is C22H21N5O2. The molecule has 2 aromatic heterocycles. The van der Waals surface area contributed by atoms with Gasteiger partial charge in [-0.05, 0) is 36.8 Å². The summed E-state index contributed by atoms with van der Waals surface area (Å²) in [6.45, 7) is 3.63. The van der Waals surface area contributed by atoms with Gasteiger partial charge in [-0.3, -0.25) is 4.79 Å². The fourth-order valence-electron chi connectivity index (χ4n) is 3.87. The van der Waals surface area contributed by atoms with Crippen molar-refractivity contribution in [2.75, 3.05) is 11.4 Å². The van der Waals surface area contributed by atoms with Crippen LogP contribution in [0.3, 0.4) is 0 Å². The highest BCUT2D eigenvalue weighted by Crippen LogP contribution is 2.32. The summed E-state index contributed by atoms with van der Waals surface area (Å²) >= 11 is 0. The van der Waals surface area contributed by atoms with E-state index in [0.717, 1.165) is 35.2 Å². The summed E-state index contributed by atoms with van der Waals surface area (Å²) in [5, 5.41) is 4.15. The molecule has 0 radical (unpaired) electrons.